The van der Waals surface area contributed by atoms with Gasteiger partial charge in [-0.2, -0.15) is 11.8 Å². The van der Waals surface area contributed by atoms with Crippen molar-refractivity contribution >= 4 is 36.0 Å². The number of amides is 3. The summed E-state index contributed by atoms with van der Waals surface area (Å²) in [6, 6.07) is -2.43. The molecule has 0 saturated carbocycles. The van der Waals surface area contributed by atoms with Gasteiger partial charge in [-0.3, -0.25) is 19.2 Å². The number of aliphatic hydroxyl groups is 4. The number of rotatable bonds is 22. The molecule has 0 aliphatic carbocycles. The Labute approximate surface area is 254 Å². The van der Waals surface area contributed by atoms with E-state index in [0.717, 1.165) is 0 Å². The van der Waals surface area contributed by atoms with Gasteiger partial charge in [0.25, 0.3) is 6.47 Å². The highest BCUT2D eigenvalue weighted by Gasteiger charge is 2.53. The largest absolute Gasteiger partial charge is 0.410 e. The van der Waals surface area contributed by atoms with Crippen LogP contribution < -0.4 is 16.0 Å². The Balaban J connectivity index is 2.94. The Morgan fingerprint density at radius 3 is 2.42 bits per heavy atom. The highest BCUT2D eigenvalue weighted by molar-refractivity contribution is 7.99. The summed E-state index contributed by atoms with van der Waals surface area (Å²) in [5.74, 6) is -3.52. The zero-order valence-corrected chi connectivity index (χ0v) is 25.6. The average molecular weight is 644 g/mol. The molecule has 1 saturated heterocycles. The Morgan fingerprint density at radius 2 is 1.81 bits per heavy atom. The van der Waals surface area contributed by atoms with Gasteiger partial charge in [0.1, 0.15) is 31.0 Å². The van der Waals surface area contributed by atoms with E-state index in [0.29, 0.717) is 12.4 Å². The van der Waals surface area contributed by atoms with E-state index in [1.807, 2.05) is 0 Å². The fraction of sp³-hybridized carbons (Fsp3) is 0.840. The number of thioether (sulfide) groups is 1. The van der Waals surface area contributed by atoms with Crippen molar-refractivity contribution in [2.75, 3.05) is 65.3 Å². The Kier molecular flexibility index (Phi) is 18.8. The van der Waals surface area contributed by atoms with Crippen LogP contribution in [-0.2, 0) is 47.6 Å². The first-order valence-electron chi connectivity index (χ1n) is 13.5. The molecule has 7 atom stereocenters. The van der Waals surface area contributed by atoms with Gasteiger partial charge >= 0.3 is 5.97 Å². The molecule has 17 nitrogen and oxygen atoms in total. The zero-order valence-electron chi connectivity index (χ0n) is 24.8. The SMILES string of the molecule is COCCOCC(=O)NC(CSCCOC)C(=O)NCC(=O)NC1C(O)CC(OC=O)(OC(C)C)OC1C(O)C(O)CO. The molecule has 1 aliphatic rings. The highest BCUT2D eigenvalue weighted by atomic mass is 32.2. The minimum absolute atomic E-state index is 0.0178. The van der Waals surface area contributed by atoms with Crippen LogP contribution in [0.4, 0.5) is 0 Å². The maximum atomic E-state index is 12.9. The summed E-state index contributed by atoms with van der Waals surface area (Å²) in [7, 11) is 3.01. The van der Waals surface area contributed by atoms with Crippen LogP contribution in [0.25, 0.3) is 0 Å². The number of aliphatic hydroxyl groups excluding tert-OH is 4. The summed E-state index contributed by atoms with van der Waals surface area (Å²) in [6.07, 6.45) is -7.88. The van der Waals surface area contributed by atoms with Gasteiger partial charge in [0.2, 0.25) is 17.7 Å². The lowest BCUT2D eigenvalue weighted by Gasteiger charge is -2.47. The van der Waals surface area contributed by atoms with E-state index in [9.17, 15) is 39.6 Å². The minimum atomic E-state index is -2.16. The van der Waals surface area contributed by atoms with Crippen LogP contribution >= 0.6 is 11.8 Å². The molecule has 1 fully saturated rings. The molecule has 0 spiro atoms. The van der Waals surface area contributed by atoms with E-state index in [1.54, 1.807) is 13.8 Å². The second kappa shape index (κ2) is 20.8. The van der Waals surface area contributed by atoms with Gasteiger partial charge in [-0.15, -0.1) is 0 Å². The summed E-state index contributed by atoms with van der Waals surface area (Å²) >= 11 is 1.34. The lowest BCUT2D eigenvalue weighted by atomic mass is 9.91. The van der Waals surface area contributed by atoms with Crippen LogP contribution in [0, 0.1) is 0 Å². The van der Waals surface area contributed by atoms with E-state index in [2.05, 4.69) is 16.0 Å². The van der Waals surface area contributed by atoms with E-state index in [-0.39, 0.29) is 32.0 Å². The summed E-state index contributed by atoms with van der Waals surface area (Å²) in [6.45, 7) is 2.27. The molecule has 3 amide bonds. The quantitative estimate of drug-likeness (QED) is 0.0340. The summed E-state index contributed by atoms with van der Waals surface area (Å²) in [5.41, 5.74) is 0. The molecule has 0 aromatic rings. The van der Waals surface area contributed by atoms with Crippen molar-refractivity contribution in [1.82, 2.24) is 16.0 Å². The molecule has 1 rings (SSSR count). The van der Waals surface area contributed by atoms with Crippen molar-refractivity contribution in [1.29, 1.82) is 0 Å². The number of carbonyl (C=O) groups is 4. The van der Waals surface area contributed by atoms with Gasteiger partial charge in [-0.05, 0) is 13.8 Å². The van der Waals surface area contributed by atoms with Gasteiger partial charge in [-0.1, -0.05) is 0 Å². The van der Waals surface area contributed by atoms with E-state index < -0.39 is 85.9 Å². The molecular formula is C25H45N3O14S. The Hall–Kier alpha value is -2.13. The molecular weight excluding hydrogens is 598 g/mol. The second-order valence-electron chi connectivity index (χ2n) is 9.70. The predicted octanol–water partition coefficient (Wildman–Crippen LogP) is -3.77. The van der Waals surface area contributed by atoms with E-state index in [4.69, 9.17) is 28.4 Å². The molecule has 7 N–H and O–H groups in total. The second-order valence-corrected chi connectivity index (χ2v) is 10.9. The average Bonchev–Trinajstić information content (AvgIpc) is 2.95. The van der Waals surface area contributed by atoms with Gasteiger partial charge in [-0.25, -0.2) is 0 Å². The summed E-state index contributed by atoms with van der Waals surface area (Å²) < 4.78 is 31.2. The lowest BCUT2D eigenvalue weighted by Crippen LogP contribution is -2.67. The zero-order chi connectivity index (χ0) is 32.4. The molecule has 1 heterocycles. The fourth-order valence-electron chi connectivity index (χ4n) is 3.93. The lowest BCUT2D eigenvalue weighted by molar-refractivity contribution is -0.417. The van der Waals surface area contributed by atoms with Crippen molar-refractivity contribution in [2.24, 2.45) is 0 Å². The number of nitrogens with one attached hydrogen (secondary N) is 3. The Morgan fingerprint density at radius 1 is 1.12 bits per heavy atom. The van der Waals surface area contributed by atoms with Gasteiger partial charge in [0.15, 0.2) is 0 Å². The molecule has 18 heteroatoms. The first kappa shape index (κ1) is 38.9. The van der Waals surface area contributed by atoms with Crippen molar-refractivity contribution in [3.63, 3.8) is 0 Å². The minimum Gasteiger partial charge on any atom is -0.410 e. The molecule has 0 bridgehead atoms. The topological polar surface area (TPSA) is 241 Å². The molecule has 250 valence electrons. The number of hydrogen-bond donors (Lipinski definition) is 7. The molecule has 0 aromatic carbocycles. The smallest absolute Gasteiger partial charge is 0.332 e. The van der Waals surface area contributed by atoms with Crippen LogP contribution in [-0.4, -0.2) is 159 Å². The highest BCUT2D eigenvalue weighted by Crippen LogP contribution is 2.34. The van der Waals surface area contributed by atoms with Gasteiger partial charge < -0.3 is 64.8 Å². The van der Waals surface area contributed by atoms with Crippen molar-refractivity contribution in [2.45, 2.75) is 68.8 Å². The van der Waals surface area contributed by atoms with Crippen LogP contribution in [0.1, 0.15) is 20.3 Å². The van der Waals surface area contributed by atoms with Crippen LogP contribution in [0.3, 0.4) is 0 Å². The van der Waals surface area contributed by atoms with Crippen LogP contribution in [0.15, 0.2) is 0 Å². The first-order valence-corrected chi connectivity index (χ1v) is 14.7. The molecule has 7 unspecified atom stereocenters. The third kappa shape index (κ3) is 14.0. The number of ether oxygens (including phenoxy) is 6. The monoisotopic (exact) mass is 643 g/mol. The third-order valence-corrected chi connectivity index (χ3v) is 6.91. The summed E-state index contributed by atoms with van der Waals surface area (Å²) in [5, 5.41) is 48.3. The summed E-state index contributed by atoms with van der Waals surface area (Å²) in [4.78, 5) is 49.2. The number of carbonyl (C=O) groups excluding carboxylic acids is 4. The first-order chi connectivity index (χ1) is 20.4. The molecule has 0 aromatic heterocycles. The van der Waals surface area contributed by atoms with E-state index >= 15 is 0 Å². The standard InChI is InChI=1S/C25H45N3O14S/c1-15(2)41-25(40-14-30)9-17(31)21(23(42-25)22(35)18(32)11-29)28-19(33)10-26-24(36)16(13-43-8-7-38-4)27-20(34)12-39-6-5-37-3/h14-18,21-23,29,31-32,35H,5-13H2,1-4H3,(H,26,36)(H,27,34)(H,28,33). The molecule has 0 radical (unpaired) electrons. The van der Waals surface area contributed by atoms with E-state index in [1.165, 1.54) is 26.0 Å². The molecule has 1 aliphatic heterocycles. The van der Waals surface area contributed by atoms with Crippen LogP contribution in [0.2, 0.25) is 0 Å². The predicted molar refractivity (Wildman–Crippen MR) is 149 cm³/mol. The van der Waals surface area contributed by atoms with Gasteiger partial charge in [0.05, 0.1) is 57.6 Å². The van der Waals surface area contributed by atoms with Crippen molar-refractivity contribution in [3.8, 4) is 0 Å². The fourth-order valence-corrected chi connectivity index (χ4v) is 4.85. The Bertz CT molecular complexity index is 856. The molecule has 43 heavy (non-hydrogen) atoms. The van der Waals surface area contributed by atoms with Crippen molar-refractivity contribution in [3.05, 3.63) is 0 Å². The van der Waals surface area contributed by atoms with Gasteiger partial charge in [0, 0.05) is 25.7 Å². The van der Waals surface area contributed by atoms with Crippen molar-refractivity contribution < 1.29 is 68.0 Å². The maximum absolute atomic E-state index is 12.9. The third-order valence-electron chi connectivity index (χ3n) is 5.89. The maximum Gasteiger partial charge on any atom is 0.332 e. The normalized spacial score (nSPS) is 24.1. The van der Waals surface area contributed by atoms with Crippen LogP contribution in [0.5, 0.6) is 0 Å². The number of hydrogen-bond acceptors (Lipinski definition) is 15. The number of methoxy groups -OCH3 is 2.